The molecule has 0 spiro atoms. The molecule has 0 radical (unpaired) electrons. The van der Waals surface area contributed by atoms with E-state index in [0.29, 0.717) is 45.1 Å². The molecule has 4 heterocycles. The van der Waals surface area contributed by atoms with Crippen molar-refractivity contribution >= 4 is 11.1 Å². The van der Waals surface area contributed by atoms with Gasteiger partial charge in [-0.3, -0.25) is 4.68 Å². The van der Waals surface area contributed by atoms with Crippen molar-refractivity contribution in [3.8, 4) is 34.0 Å². The van der Waals surface area contributed by atoms with Gasteiger partial charge in [0.05, 0.1) is 23.2 Å². The fourth-order valence-electron chi connectivity index (χ4n) is 3.63. The zero-order valence-electron chi connectivity index (χ0n) is 17.8. The summed E-state index contributed by atoms with van der Waals surface area (Å²) in [7, 11) is 0. The van der Waals surface area contributed by atoms with Gasteiger partial charge in [-0.1, -0.05) is 6.07 Å². The molecule has 1 aromatic carbocycles. The molecule has 0 unspecified atom stereocenters. The molecule has 33 heavy (non-hydrogen) atoms. The number of pyridine rings is 1. The first kappa shape index (κ1) is 20.9. The van der Waals surface area contributed by atoms with Gasteiger partial charge in [-0.05, 0) is 56.3 Å². The van der Waals surface area contributed by atoms with E-state index in [1.807, 2.05) is 0 Å². The average Bonchev–Trinajstić information content (AvgIpc) is 3.37. The second-order valence-electron chi connectivity index (χ2n) is 8.31. The maximum atomic E-state index is 13.6. The minimum absolute atomic E-state index is 0.235. The molecule has 0 fully saturated rings. The Balaban J connectivity index is 1.69. The summed E-state index contributed by atoms with van der Waals surface area (Å²) in [6, 6.07) is 12.1. The smallest absolute Gasteiger partial charge is 0.230 e. The van der Waals surface area contributed by atoms with Gasteiger partial charge in [-0.25, -0.2) is 19.3 Å². The summed E-state index contributed by atoms with van der Waals surface area (Å²) in [6.07, 6.45) is 3.14. The molecule has 0 saturated carbocycles. The monoisotopic (exact) mass is 447 g/mol. The Morgan fingerprint density at radius 2 is 1.82 bits per heavy atom. The van der Waals surface area contributed by atoms with Crippen molar-refractivity contribution in [1.29, 1.82) is 0 Å². The number of hydrogen-bond acceptors (Lipinski definition) is 6. The molecule has 0 atom stereocenters. The first-order chi connectivity index (χ1) is 15.8. The molecule has 5 rings (SSSR count). The number of furan rings is 1. The van der Waals surface area contributed by atoms with Gasteiger partial charge in [0.1, 0.15) is 23.5 Å². The van der Waals surface area contributed by atoms with Crippen LogP contribution in [0.25, 0.3) is 45.1 Å². The van der Waals surface area contributed by atoms with Crippen LogP contribution in [0.3, 0.4) is 0 Å². The average molecular weight is 447 g/mol. The topological polar surface area (TPSA) is 89.9 Å². The molecule has 166 valence electrons. The molecular formula is C24H19F2N5O2. The molecule has 0 bridgehead atoms. The second-order valence-corrected chi connectivity index (χ2v) is 8.31. The van der Waals surface area contributed by atoms with Crippen molar-refractivity contribution in [3.63, 3.8) is 0 Å². The Morgan fingerprint density at radius 1 is 1.03 bits per heavy atom. The summed E-state index contributed by atoms with van der Waals surface area (Å²) in [5, 5.41) is 15.5. The van der Waals surface area contributed by atoms with Crippen molar-refractivity contribution in [2.24, 2.45) is 0 Å². The van der Waals surface area contributed by atoms with Gasteiger partial charge in [0, 0.05) is 17.3 Å². The number of aromatic nitrogens is 5. The van der Waals surface area contributed by atoms with Crippen molar-refractivity contribution in [2.45, 2.75) is 26.0 Å². The van der Waals surface area contributed by atoms with Crippen molar-refractivity contribution in [2.75, 3.05) is 0 Å². The third kappa shape index (κ3) is 4.22. The highest BCUT2D eigenvalue weighted by atomic mass is 19.1. The molecule has 0 aliphatic heterocycles. The SMILES string of the molecule is CC(C)(O)Cn1cc(-c2ncnc3oc(-c4cccc(F)n4)cc23)c(-c2ccc(F)cc2)n1. The fourth-order valence-corrected chi connectivity index (χ4v) is 3.63. The van der Waals surface area contributed by atoms with Gasteiger partial charge in [0.15, 0.2) is 5.76 Å². The van der Waals surface area contributed by atoms with Crippen LogP contribution in [0, 0.1) is 11.8 Å². The van der Waals surface area contributed by atoms with Gasteiger partial charge in [0.25, 0.3) is 0 Å². The van der Waals surface area contributed by atoms with Crippen LogP contribution in [0.5, 0.6) is 0 Å². The molecule has 0 saturated heterocycles. The second kappa shape index (κ2) is 7.86. The van der Waals surface area contributed by atoms with E-state index < -0.39 is 11.5 Å². The Kier molecular flexibility index (Phi) is 4.98. The van der Waals surface area contributed by atoms with Crippen molar-refractivity contribution in [3.05, 3.63) is 72.8 Å². The first-order valence-corrected chi connectivity index (χ1v) is 10.2. The predicted octanol–water partition coefficient (Wildman–Crippen LogP) is 4.86. The Bertz CT molecular complexity index is 1450. The zero-order valence-corrected chi connectivity index (χ0v) is 17.8. The van der Waals surface area contributed by atoms with Gasteiger partial charge >= 0.3 is 0 Å². The Hall–Kier alpha value is -3.98. The number of aliphatic hydroxyl groups is 1. The van der Waals surface area contributed by atoms with Crippen LogP contribution in [0.2, 0.25) is 0 Å². The summed E-state index contributed by atoms with van der Waals surface area (Å²) in [5.74, 6) is -0.632. The molecular weight excluding hydrogens is 428 g/mol. The summed E-state index contributed by atoms with van der Waals surface area (Å²) in [6.45, 7) is 3.60. The molecule has 5 aromatic rings. The van der Waals surface area contributed by atoms with E-state index >= 15 is 0 Å². The molecule has 0 aliphatic carbocycles. The van der Waals surface area contributed by atoms with Crippen LogP contribution in [0.1, 0.15) is 13.8 Å². The lowest BCUT2D eigenvalue weighted by Gasteiger charge is -2.16. The van der Waals surface area contributed by atoms with E-state index in [1.165, 1.54) is 24.5 Å². The lowest BCUT2D eigenvalue weighted by atomic mass is 10.0. The van der Waals surface area contributed by atoms with Crippen LogP contribution >= 0.6 is 0 Å². The maximum Gasteiger partial charge on any atom is 0.230 e. The zero-order chi connectivity index (χ0) is 23.2. The van der Waals surface area contributed by atoms with Gasteiger partial charge < -0.3 is 9.52 Å². The Morgan fingerprint density at radius 3 is 2.55 bits per heavy atom. The van der Waals surface area contributed by atoms with Crippen LogP contribution < -0.4 is 0 Å². The molecule has 7 nitrogen and oxygen atoms in total. The fraction of sp³-hybridized carbons (Fsp3) is 0.167. The molecule has 4 aromatic heterocycles. The summed E-state index contributed by atoms with van der Waals surface area (Å²) < 4.78 is 34.6. The number of nitrogens with zero attached hydrogens (tertiary/aromatic N) is 5. The lowest BCUT2D eigenvalue weighted by molar-refractivity contribution is 0.0578. The van der Waals surface area contributed by atoms with Crippen LogP contribution in [0.15, 0.2) is 65.5 Å². The molecule has 0 aliphatic rings. The largest absolute Gasteiger partial charge is 0.436 e. The minimum Gasteiger partial charge on any atom is -0.436 e. The quantitative estimate of drug-likeness (QED) is 0.387. The van der Waals surface area contributed by atoms with Gasteiger partial charge in [-0.15, -0.1) is 0 Å². The highest BCUT2D eigenvalue weighted by Gasteiger charge is 2.22. The third-order valence-corrected chi connectivity index (χ3v) is 4.98. The maximum absolute atomic E-state index is 13.6. The lowest BCUT2D eigenvalue weighted by Crippen LogP contribution is -2.26. The number of halogens is 2. The number of benzene rings is 1. The summed E-state index contributed by atoms with van der Waals surface area (Å²) in [4.78, 5) is 12.5. The van der Waals surface area contributed by atoms with Crippen molar-refractivity contribution < 1.29 is 18.3 Å². The van der Waals surface area contributed by atoms with E-state index in [-0.39, 0.29) is 12.4 Å². The standard InChI is InChI=1S/C24H19F2N5O2/c1-24(2,32)12-31-11-17(21(30-31)14-6-8-15(25)9-7-14)22-16-10-19(33-23(16)28-13-27-22)18-4-3-5-20(26)29-18/h3-11,13,32H,12H2,1-2H3. The third-order valence-electron chi connectivity index (χ3n) is 4.98. The van der Waals surface area contributed by atoms with Gasteiger partial charge in [0.2, 0.25) is 11.7 Å². The number of fused-ring (bicyclic) bond motifs is 1. The first-order valence-electron chi connectivity index (χ1n) is 10.2. The molecule has 1 N–H and O–H groups in total. The number of hydrogen-bond donors (Lipinski definition) is 1. The van der Waals surface area contributed by atoms with E-state index in [0.717, 1.165) is 0 Å². The molecule has 9 heteroatoms. The number of rotatable bonds is 5. The normalized spacial score (nSPS) is 11.9. The van der Waals surface area contributed by atoms with E-state index in [4.69, 9.17) is 4.42 Å². The Labute approximate surface area is 187 Å². The van der Waals surface area contributed by atoms with E-state index in [1.54, 1.807) is 55.1 Å². The predicted molar refractivity (Wildman–Crippen MR) is 118 cm³/mol. The van der Waals surface area contributed by atoms with Crippen LogP contribution in [-0.2, 0) is 6.54 Å². The van der Waals surface area contributed by atoms with E-state index in [9.17, 15) is 13.9 Å². The van der Waals surface area contributed by atoms with Crippen LogP contribution in [-0.4, -0.2) is 35.4 Å². The van der Waals surface area contributed by atoms with Crippen LogP contribution in [0.4, 0.5) is 8.78 Å². The highest BCUT2D eigenvalue weighted by Crippen LogP contribution is 2.36. The van der Waals surface area contributed by atoms with Gasteiger partial charge in [-0.2, -0.15) is 9.49 Å². The molecule has 0 amide bonds. The van der Waals surface area contributed by atoms with E-state index in [2.05, 4.69) is 20.1 Å². The summed E-state index contributed by atoms with van der Waals surface area (Å²) in [5.41, 5.74) is 2.06. The minimum atomic E-state index is -1.00. The summed E-state index contributed by atoms with van der Waals surface area (Å²) >= 11 is 0. The van der Waals surface area contributed by atoms with Crippen molar-refractivity contribution in [1.82, 2.24) is 24.7 Å². The highest BCUT2D eigenvalue weighted by molar-refractivity contribution is 5.95.